The van der Waals surface area contributed by atoms with Gasteiger partial charge in [-0.1, -0.05) is 0 Å². The molecular weight excluding hydrogens is 188 g/mol. The monoisotopic (exact) mass is 206 g/mol. The van der Waals surface area contributed by atoms with Crippen LogP contribution in [0.1, 0.15) is 37.3 Å². The number of aromatic hydroxyl groups is 1. The third-order valence-electron chi connectivity index (χ3n) is 3.32. The molecule has 0 unspecified atom stereocenters. The van der Waals surface area contributed by atoms with E-state index in [2.05, 4.69) is 10.3 Å². The Morgan fingerprint density at radius 3 is 2.53 bits per heavy atom. The van der Waals surface area contributed by atoms with E-state index in [0.717, 1.165) is 5.69 Å². The molecule has 0 saturated heterocycles. The van der Waals surface area contributed by atoms with Crippen molar-refractivity contribution in [3.05, 3.63) is 24.0 Å². The first kappa shape index (κ1) is 10.4. The molecule has 0 bridgehead atoms. The molecule has 1 aromatic rings. The zero-order valence-corrected chi connectivity index (χ0v) is 9.11. The Morgan fingerprint density at radius 2 is 2.00 bits per heavy atom. The van der Waals surface area contributed by atoms with Crippen molar-refractivity contribution in [2.75, 3.05) is 7.05 Å². The summed E-state index contributed by atoms with van der Waals surface area (Å²) >= 11 is 0. The highest BCUT2D eigenvalue weighted by Crippen LogP contribution is 2.31. The molecule has 2 N–H and O–H groups in total. The fraction of sp³-hybridized carbons (Fsp3) is 0.583. The van der Waals surface area contributed by atoms with E-state index in [9.17, 15) is 0 Å². The van der Waals surface area contributed by atoms with E-state index < -0.39 is 0 Å². The Bertz CT molecular complexity index is 302. The maximum atomic E-state index is 9.16. The van der Waals surface area contributed by atoms with Gasteiger partial charge >= 0.3 is 0 Å². The van der Waals surface area contributed by atoms with E-state index in [1.165, 1.54) is 25.7 Å². The number of hydrogen-bond acceptors (Lipinski definition) is 3. The van der Waals surface area contributed by atoms with Crippen LogP contribution in [-0.2, 0) is 0 Å². The predicted molar refractivity (Wildman–Crippen MR) is 60.0 cm³/mol. The SMILES string of the molecule is CN[C@H]1CC[C@H](c2ccc(O)cn2)CC1. The van der Waals surface area contributed by atoms with Crippen LogP contribution in [0.25, 0.3) is 0 Å². The summed E-state index contributed by atoms with van der Waals surface area (Å²) in [5.41, 5.74) is 1.13. The Morgan fingerprint density at radius 1 is 1.27 bits per heavy atom. The van der Waals surface area contributed by atoms with Gasteiger partial charge in [-0.05, 0) is 44.9 Å². The van der Waals surface area contributed by atoms with E-state index >= 15 is 0 Å². The van der Waals surface area contributed by atoms with Crippen molar-refractivity contribution in [2.45, 2.75) is 37.6 Å². The summed E-state index contributed by atoms with van der Waals surface area (Å²) in [6.45, 7) is 0. The van der Waals surface area contributed by atoms with Gasteiger partial charge in [0.15, 0.2) is 0 Å². The molecule has 82 valence electrons. The van der Waals surface area contributed by atoms with Crippen LogP contribution in [0.15, 0.2) is 18.3 Å². The van der Waals surface area contributed by atoms with Crippen LogP contribution in [0.4, 0.5) is 0 Å². The lowest BCUT2D eigenvalue weighted by Gasteiger charge is -2.27. The maximum Gasteiger partial charge on any atom is 0.133 e. The molecule has 1 fully saturated rings. The zero-order valence-electron chi connectivity index (χ0n) is 9.11. The number of nitrogens with zero attached hydrogens (tertiary/aromatic N) is 1. The zero-order chi connectivity index (χ0) is 10.7. The van der Waals surface area contributed by atoms with E-state index in [1.807, 2.05) is 13.1 Å². The summed E-state index contributed by atoms with van der Waals surface area (Å²) in [5.74, 6) is 0.831. The molecule has 15 heavy (non-hydrogen) atoms. The minimum Gasteiger partial charge on any atom is -0.506 e. The first-order chi connectivity index (χ1) is 7.29. The smallest absolute Gasteiger partial charge is 0.133 e. The van der Waals surface area contributed by atoms with Crippen molar-refractivity contribution in [1.82, 2.24) is 10.3 Å². The van der Waals surface area contributed by atoms with Crippen molar-refractivity contribution in [3.8, 4) is 5.75 Å². The van der Waals surface area contributed by atoms with Gasteiger partial charge in [0.25, 0.3) is 0 Å². The van der Waals surface area contributed by atoms with Crippen molar-refractivity contribution in [3.63, 3.8) is 0 Å². The van der Waals surface area contributed by atoms with E-state index in [1.54, 1.807) is 12.3 Å². The summed E-state index contributed by atoms with van der Waals surface area (Å²) in [7, 11) is 2.03. The van der Waals surface area contributed by atoms with Gasteiger partial charge in [0.2, 0.25) is 0 Å². The van der Waals surface area contributed by atoms with E-state index in [0.29, 0.717) is 12.0 Å². The molecule has 1 aromatic heterocycles. The highest BCUT2D eigenvalue weighted by atomic mass is 16.3. The summed E-state index contributed by atoms with van der Waals surface area (Å²) < 4.78 is 0. The van der Waals surface area contributed by atoms with Gasteiger partial charge in [-0.2, -0.15) is 0 Å². The van der Waals surface area contributed by atoms with Gasteiger partial charge in [-0.3, -0.25) is 4.98 Å². The van der Waals surface area contributed by atoms with E-state index in [-0.39, 0.29) is 5.75 Å². The second-order valence-electron chi connectivity index (χ2n) is 4.28. The number of pyridine rings is 1. The fourth-order valence-electron chi connectivity index (χ4n) is 2.32. The Labute approximate surface area is 90.5 Å². The van der Waals surface area contributed by atoms with Crippen molar-refractivity contribution < 1.29 is 5.11 Å². The molecule has 1 aliphatic carbocycles. The van der Waals surface area contributed by atoms with Crippen LogP contribution < -0.4 is 5.32 Å². The van der Waals surface area contributed by atoms with Crippen molar-refractivity contribution >= 4 is 0 Å². The van der Waals surface area contributed by atoms with Gasteiger partial charge in [-0.15, -0.1) is 0 Å². The van der Waals surface area contributed by atoms with Crippen LogP contribution >= 0.6 is 0 Å². The number of hydrogen-bond donors (Lipinski definition) is 2. The Hall–Kier alpha value is -1.09. The third kappa shape index (κ3) is 2.48. The minimum absolute atomic E-state index is 0.252. The summed E-state index contributed by atoms with van der Waals surface area (Å²) in [6, 6.07) is 4.35. The first-order valence-corrected chi connectivity index (χ1v) is 5.62. The standard InChI is InChI=1S/C12H18N2O/c1-13-10-4-2-9(3-5-10)12-7-6-11(15)8-14-12/h6-10,13,15H,2-5H2,1H3/t9-,10-. The molecule has 0 spiro atoms. The molecule has 3 nitrogen and oxygen atoms in total. The second kappa shape index (κ2) is 4.62. The molecule has 1 saturated carbocycles. The minimum atomic E-state index is 0.252. The van der Waals surface area contributed by atoms with Crippen LogP contribution in [0.3, 0.4) is 0 Å². The quantitative estimate of drug-likeness (QED) is 0.778. The topological polar surface area (TPSA) is 45.1 Å². The molecule has 0 amide bonds. The molecule has 1 aliphatic rings. The summed E-state index contributed by atoms with van der Waals surface area (Å²) in [6.07, 6.45) is 6.39. The normalized spacial score (nSPS) is 26.5. The third-order valence-corrected chi connectivity index (χ3v) is 3.32. The lowest BCUT2D eigenvalue weighted by molar-refractivity contribution is 0.354. The second-order valence-corrected chi connectivity index (χ2v) is 4.28. The van der Waals surface area contributed by atoms with Crippen LogP contribution in [0, 0.1) is 0 Å². The average Bonchev–Trinajstić information content (AvgIpc) is 2.30. The molecule has 1 heterocycles. The first-order valence-electron chi connectivity index (χ1n) is 5.62. The molecule has 2 rings (SSSR count). The van der Waals surface area contributed by atoms with Gasteiger partial charge in [0, 0.05) is 17.7 Å². The van der Waals surface area contributed by atoms with Crippen LogP contribution in [0.5, 0.6) is 5.75 Å². The molecule has 3 heteroatoms. The van der Waals surface area contributed by atoms with Gasteiger partial charge in [-0.25, -0.2) is 0 Å². The number of aromatic nitrogens is 1. The van der Waals surface area contributed by atoms with Crippen LogP contribution in [0.2, 0.25) is 0 Å². The highest BCUT2D eigenvalue weighted by Gasteiger charge is 2.21. The Kier molecular flexibility index (Phi) is 3.21. The van der Waals surface area contributed by atoms with Gasteiger partial charge in [0.05, 0.1) is 6.20 Å². The molecule has 0 atom stereocenters. The maximum absolute atomic E-state index is 9.16. The fourth-order valence-corrected chi connectivity index (χ4v) is 2.32. The summed E-state index contributed by atoms with van der Waals surface area (Å²) in [4.78, 5) is 4.28. The molecular formula is C12H18N2O. The van der Waals surface area contributed by atoms with Gasteiger partial charge < -0.3 is 10.4 Å². The predicted octanol–water partition coefficient (Wildman–Crippen LogP) is 2.03. The molecule has 0 aliphatic heterocycles. The summed E-state index contributed by atoms with van der Waals surface area (Å²) in [5, 5.41) is 12.5. The lowest BCUT2D eigenvalue weighted by atomic mass is 9.84. The van der Waals surface area contributed by atoms with Gasteiger partial charge in [0.1, 0.15) is 5.75 Å². The largest absolute Gasteiger partial charge is 0.506 e. The molecule has 0 aromatic carbocycles. The highest BCUT2D eigenvalue weighted by molar-refractivity contribution is 5.20. The van der Waals surface area contributed by atoms with Crippen molar-refractivity contribution in [1.29, 1.82) is 0 Å². The van der Waals surface area contributed by atoms with E-state index in [4.69, 9.17) is 5.11 Å². The molecule has 0 radical (unpaired) electrons. The van der Waals surface area contributed by atoms with Crippen molar-refractivity contribution in [2.24, 2.45) is 0 Å². The lowest BCUT2D eigenvalue weighted by Crippen LogP contribution is -2.29. The van der Waals surface area contributed by atoms with Crippen LogP contribution in [-0.4, -0.2) is 23.2 Å². The number of nitrogens with one attached hydrogen (secondary N) is 1. The Balaban J connectivity index is 1.98. The number of rotatable bonds is 2. The average molecular weight is 206 g/mol.